The molecule has 1 N–H and O–H groups in total. The maximum atomic E-state index is 12.4. The number of aromatic hydroxyl groups is 1. The molecule has 0 fully saturated rings. The first-order chi connectivity index (χ1) is 18.1. The summed E-state index contributed by atoms with van der Waals surface area (Å²) in [5.41, 5.74) is 2.13. The number of hydrogen-bond acceptors (Lipinski definition) is 8. The van der Waals surface area contributed by atoms with Crippen molar-refractivity contribution in [1.82, 2.24) is 9.55 Å². The molecule has 2 heterocycles. The highest BCUT2D eigenvalue weighted by Crippen LogP contribution is 2.25. The summed E-state index contributed by atoms with van der Waals surface area (Å²) in [7, 11) is 0. The molecule has 0 unspecified atom stereocenters. The molecular weight excluding hydrogens is 504 g/mol. The molecule has 9 heteroatoms. The maximum Gasteiger partial charge on any atom is 0.310 e. The van der Waals surface area contributed by atoms with Crippen molar-refractivity contribution >= 4 is 17.3 Å². The number of rotatable bonds is 10. The summed E-state index contributed by atoms with van der Waals surface area (Å²) in [6, 6.07) is 17.3. The van der Waals surface area contributed by atoms with Gasteiger partial charge in [-0.1, -0.05) is 41.7 Å². The zero-order valence-corrected chi connectivity index (χ0v) is 22.8. The first kappa shape index (κ1) is 27.2. The van der Waals surface area contributed by atoms with Gasteiger partial charge in [-0.15, -0.1) is 0 Å². The fraction of sp³-hybridized carbons (Fsp3) is 0.345. The van der Waals surface area contributed by atoms with E-state index >= 15 is 0 Å². The molecule has 38 heavy (non-hydrogen) atoms. The molecule has 2 aromatic carbocycles. The van der Waals surface area contributed by atoms with Crippen LogP contribution in [-0.4, -0.2) is 32.8 Å². The van der Waals surface area contributed by atoms with Crippen molar-refractivity contribution in [2.75, 3.05) is 6.61 Å². The number of aryl methyl sites for hydroxylation is 1. The molecule has 0 aliphatic carbocycles. The molecule has 0 saturated carbocycles. The van der Waals surface area contributed by atoms with Crippen LogP contribution in [0.15, 0.2) is 63.8 Å². The van der Waals surface area contributed by atoms with Crippen molar-refractivity contribution in [3.63, 3.8) is 0 Å². The van der Waals surface area contributed by atoms with Crippen molar-refractivity contribution < 1.29 is 23.8 Å². The van der Waals surface area contributed by atoms with Crippen LogP contribution in [0.3, 0.4) is 0 Å². The Hall–Kier alpha value is -3.85. The topological polar surface area (TPSA) is 104 Å². The minimum atomic E-state index is -0.596. The van der Waals surface area contributed by atoms with Gasteiger partial charge in [-0.3, -0.25) is 14.2 Å². The highest BCUT2D eigenvalue weighted by molar-refractivity contribution is 7.09. The van der Waals surface area contributed by atoms with Crippen LogP contribution >= 0.6 is 11.3 Å². The highest BCUT2D eigenvalue weighted by atomic mass is 32.1. The van der Waals surface area contributed by atoms with Crippen LogP contribution in [-0.2, 0) is 28.9 Å². The summed E-state index contributed by atoms with van der Waals surface area (Å²) in [6.07, 6.45) is 1.02. The molecule has 0 spiro atoms. The fourth-order valence-electron chi connectivity index (χ4n) is 3.87. The molecule has 0 radical (unpaired) electrons. The lowest BCUT2D eigenvalue weighted by Gasteiger charge is -2.19. The van der Waals surface area contributed by atoms with E-state index in [0.29, 0.717) is 36.0 Å². The predicted molar refractivity (Wildman–Crippen MR) is 146 cm³/mol. The Balaban J connectivity index is 1.30. The molecule has 0 atom stereocenters. The summed E-state index contributed by atoms with van der Waals surface area (Å²) < 4.78 is 18.2. The van der Waals surface area contributed by atoms with Crippen LogP contribution in [0.2, 0.25) is 0 Å². The number of hydrogen-bond donors (Lipinski definition) is 1. The molecule has 0 saturated heterocycles. The number of aromatic nitrogens is 2. The molecule has 0 bridgehead atoms. The molecule has 0 aliphatic rings. The van der Waals surface area contributed by atoms with E-state index in [4.69, 9.17) is 13.9 Å². The van der Waals surface area contributed by atoms with Crippen molar-refractivity contribution in [3.05, 3.63) is 86.2 Å². The summed E-state index contributed by atoms with van der Waals surface area (Å²) in [6.45, 7) is 7.77. The molecule has 2 aromatic heterocycles. The molecular formula is C29H32N2O6S. The van der Waals surface area contributed by atoms with E-state index in [9.17, 15) is 14.7 Å². The van der Waals surface area contributed by atoms with Gasteiger partial charge in [0.15, 0.2) is 0 Å². The molecule has 4 aromatic rings. The Morgan fingerprint density at radius 3 is 2.50 bits per heavy atom. The van der Waals surface area contributed by atoms with E-state index < -0.39 is 11.6 Å². The number of carbonyl (C=O) groups is 1. The Labute approximate surface area is 225 Å². The third kappa shape index (κ3) is 7.13. The van der Waals surface area contributed by atoms with Gasteiger partial charge in [0, 0.05) is 24.9 Å². The van der Waals surface area contributed by atoms with Gasteiger partial charge in [0.05, 0.1) is 23.6 Å². The van der Waals surface area contributed by atoms with Gasteiger partial charge in [0.2, 0.25) is 11.8 Å². The average Bonchev–Trinajstić information content (AvgIpc) is 3.36. The van der Waals surface area contributed by atoms with Gasteiger partial charge in [0.25, 0.3) is 0 Å². The SMILES string of the molecule is Cc1oc(-c2ccccc2)nc1CCOc1ccc(Cc2sc(=O)n(CCC(=O)OC(C)(C)C)c2O)cc1. The lowest BCUT2D eigenvalue weighted by molar-refractivity contribution is -0.155. The minimum absolute atomic E-state index is 0.00831. The molecule has 8 nitrogen and oxygen atoms in total. The van der Waals surface area contributed by atoms with Crippen molar-refractivity contribution in [1.29, 1.82) is 0 Å². The van der Waals surface area contributed by atoms with Crippen LogP contribution < -0.4 is 9.61 Å². The van der Waals surface area contributed by atoms with Gasteiger partial charge in [-0.25, -0.2) is 4.98 Å². The summed E-state index contributed by atoms with van der Waals surface area (Å²) in [4.78, 5) is 29.2. The second-order valence-electron chi connectivity index (χ2n) is 9.91. The van der Waals surface area contributed by atoms with Crippen molar-refractivity contribution in [3.8, 4) is 23.1 Å². The van der Waals surface area contributed by atoms with E-state index in [1.807, 2.05) is 61.5 Å². The third-order valence-electron chi connectivity index (χ3n) is 5.70. The second-order valence-corrected chi connectivity index (χ2v) is 11.0. The zero-order chi connectivity index (χ0) is 27.3. The lowest BCUT2D eigenvalue weighted by Crippen LogP contribution is -2.25. The maximum absolute atomic E-state index is 12.4. The molecule has 4 rings (SSSR count). The normalized spacial score (nSPS) is 11.5. The summed E-state index contributed by atoms with van der Waals surface area (Å²) in [5.74, 6) is 1.57. The summed E-state index contributed by atoms with van der Waals surface area (Å²) in [5, 5.41) is 10.6. The summed E-state index contributed by atoms with van der Waals surface area (Å²) >= 11 is 0.976. The van der Waals surface area contributed by atoms with Crippen LogP contribution in [0.4, 0.5) is 0 Å². The number of oxazole rings is 1. The van der Waals surface area contributed by atoms with Gasteiger partial charge in [-0.05, 0) is 57.5 Å². The monoisotopic (exact) mass is 536 g/mol. The van der Waals surface area contributed by atoms with Crippen molar-refractivity contribution in [2.45, 2.75) is 59.1 Å². The van der Waals surface area contributed by atoms with Gasteiger partial charge in [-0.2, -0.15) is 0 Å². The van der Waals surface area contributed by atoms with E-state index in [2.05, 4.69) is 4.98 Å². The Morgan fingerprint density at radius 1 is 1.11 bits per heavy atom. The second kappa shape index (κ2) is 11.7. The van der Waals surface area contributed by atoms with E-state index in [0.717, 1.165) is 33.9 Å². The Bertz CT molecular complexity index is 1430. The smallest absolute Gasteiger partial charge is 0.310 e. The molecule has 0 amide bonds. The van der Waals surface area contributed by atoms with E-state index in [-0.39, 0.29) is 23.7 Å². The number of benzene rings is 2. The number of ether oxygens (including phenoxy) is 2. The first-order valence-electron chi connectivity index (χ1n) is 12.5. The predicted octanol–water partition coefficient (Wildman–Crippen LogP) is 5.52. The molecule has 200 valence electrons. The van der Waals surface area contributed by atoms with Crippen LogP contribution in [0.1, 0.15) is 49.1 Å². The number of thiazole rings is 1. The Kier molecular flexibility index (Phi) is 8.36. The minimum Gasteiger partial charge on any atom is -0.494 e. The Morgan fingerprint density at radius 2 is 1.82 bits per heavy atom. The third-order valence-corrected chi connectivity index (χ3v) is 6.67. The largest absolute Gasteiger partial charge is 0.494 e. The van der Waals surface area contributed by atoms with Crippen LogP contribution in [0.5, 0.6) is 11.6 Å². The number of nitrogens with zero attached hydrogens (tertiary/aromatic N) is 2. The highest BCUT2D eigenvalue weighted by Gasteiger charge is 2.19. The number of carbonyl (C=O) groups excluding carboxylic acids is 1. The van der Waals surface area contributed by atoms with Crippen LogP contribution in [0.25, 0.3) is 11.5 Å². The quantitative estimate of drug-likeness (QED) is 0.266. The standard InChI is InChI=1S/C29H32N2O6S/c1-19-23(30-26(36-19)21-8-6-5-7-9-21)15-17-35-22-12-10-20(11-13-22)18-24-27(33)31(28(34)38-24)16-14-25(32)37-29(2,3)4/h5-13,33H,14-18H2,1-4H3. The molecule has 0 aliphatic heterocycles. The first-order valence-corrected chi connectivity index (χ1v) is 13.3. The van der Waals surface area contributed by atoms with E-state index in [1.165, 1.54) is 4.57 Å². The number of esters is 1. The zero-order valence-electron chi connectivity index (χ0n) is 22.0. The average molecular weight is 537 g/mol. The van der Waals surface area contributed by atoms with Gasteiger partial charge < -0.3 is 19.0 Å². The fourth-order valence-corrected chi connectivity index (χ4v) is 4.81. The van der Waals surface area contributed by atoms with Crippen LogP contribution in [0, 0.1) is 6.92 Å². The van der Waals surface area contributed by atoms with Crippen molar-refractivity contribution in [2.24, 2.45) is 0 Å². The lowest BCUT2D eigenvalue weighted by atomic mass is 10.1. The van der Waals surface area contributed by atoms with E-state index in [1.54, 1.807) is 20.8 Å². The van der Waals surface area contributed by atoms with Gasteiger partial charge >= 0.3 is 10.8 Å². The van der Waals surface area contributed by atoms with Gasteiger partial charge in [0.1, 0.15) is 17.1 Å².